The van der Waals surface area contributed by atoms with E-state index in [0.717, 1.165) is 22.8 Å². The molecule has 0 radical (unpaired) electrons. The highest BCUT2D eigenvalue weighted by molar-refractivity contribution is 7.98. The zero-order chi connectivity index (χ0) is 17.7. The largest absolute Gasteiger partial charge is 0.390 e. The van der Waals surface area contributed by atoms with E-state index in [9.17, 15) is 9.90 Å². The molecule has 6 heteroatoms. The number of hydrogen-bond donors (Lipinski definition) is 2. The fourth-order valence-corrected chi connectivity index (χ4v) is 2.87. The van der Waals surface area contributed by atoms with E-state index in [4.69, 9.17) is 0 Å². The van der Waals surface area contributed by atoms with E-state index in [1.54, 1.807) is 31.8 Å². The van der Waals surface area contributed by atoms with Gasteiger partial charge in [-0.3, -0.25) is 4.79 Å². The van der Waals surface area contributed by atoms with Crippen molar-refractivity contribution in [2.24, 2.45) is 7.05 Å². The van der Waals surface area contributed by atoms with Gasteiger partial charge in [0, 0.05) is 12.6 Å². The Labute approximate surface area is 147 Å². The highest BCUT2D eigenvalue weighted by Gasteiger charge is 2.13. The second-order valence-electron chi connectivity index (χ2n) is 6.49. The summed E-state index contributed by atoms with van der Waals surface area (Å²) in [5, 5.41) is 13.6. The molecule has 5 nitrogen and oxygen atoms in total. The maximum atomic E-state index is 12.2. The first-order valence-electron chi connectivity index (χ1n) is 7.94. The van der Waals surface area contributed by atoms with E-state index in [1.807, 2.05) is 42.1 Å². The molecular formula is C18H25N3O2S. The van der Waals surface area contributed by atoms with Gasteiger partial charge in [0.05, 0.1) is 24.0 Å². The van der Waals surface area contributed by atoms with Gasteiger partial charge in [0.15, 0.2) is 5.16 Å². The van der Waals surface area contributed by atoms with E-state index >= 15 is 0 Å². The zero-order valence-corrected chi connectivity index (χ0v) is 15.5. The van der Waals surface area contributed by atoms with Crippen LogP contribution in [-0.4, -0.2) is 32.4 Å². The number of nitrogens with one attached hydrogen (secondary N) is 1. The van der Waals surface area contributed by atoms with Gasteiger partial charge in [-0.2, -0.15) is 0 Å². The molecule has 2 rings (SSSR count). The van der Waals surface area contributed by atoms with Crippen molar-refractivity contribution in [3.05, 3.63) is 47.3 Å². The molecule has 0 atom stereocenters. The lowest BCUT2D eigenvalue weighted by molar-refractivity contribution is 0.0713. The molecule has 2 aromatic rings. The summed E-state index contributed by atoms with van der Waals surface area (Å²) in [5.41, 5.74) is 2.04. The molecule has 24 heavy (non-hydrogen) atoms. The molecule has 0 unspecified atom stereocenters. The number of nitrogens with zero attached hydrogens (tertiary/aromatic N) is 2. The Kier molecular flexibility index (Phi) is 6.07. The van der Waals surface area contributed by atoms with Gasteiger partial charge in [0.25, 0.3) is 5.91 Å². The Bertz CT molecular complexity index is 687. The van der Waals surface area contributed by atoms with Gasteiger partial charge in [-0.1, -0.05) is 23.9 Å². The Balaban J connectivity index is 1.91. The van der Waals surface area contributed by atoms with Crippen LogP contribution < -0.4 is 5.32 Å². The predicted octanol–water partition coefficient (Wildman–Crippen LogP) is 2.78. The fraction of sp³-hybridized carbons (Fsp3) is 0.444. The van der Waals surface area contributed by atoms with Crippen molar-refractivity contribution in [2.75, 3.05) is 6.26 Å². The third kappa shape index (κ3) is 5.11. The molecule has 0 aliphatic rings. The lowest BCUT2D eigenvalue weighted by atomic mass is 9.98. The third-order valence-corrected chi connectivity index (χ3v) is 4.64. The number of aliphatic hydroxyl groups is 1. The topological polar surface area (TPSA) is 67.2 Å². The molecular weight excluding hydrogens is 322 g/mol. The number of amides is 1. The molecule has 1 aromatic heterocycles. The lowest BCUT2D eigenvalue weighted by Gasteiger charge is -2.16. The zero-order valence-electron chi connectivity index (χ0n) is 14.7. The number of carbonyl (C=O) groups is 1. The molecule has 0 aliphatic heterocycles. The molecule has 0 saturated heterocycles. The number of aromatic nitrogens is 2. The number of hydrogen-bond acceptors (Lipinski definition) is 4. The predicted molar refractivity (Wildman–Crippen MR) is 97.2 cm³/mol. The van der Waals surface area contributed by atoms with Crippen LogP contribution >= 0.6 is 11.8 Å². The Hall–Kier alpha value is -1.79. The smallest absolute Gasteiger partial charge is 0.251 e. The molecule has 1 aromatic carbocycles. The molecule has 0 spiro atoms. The van der Waals surface area contributed by atoms with Crippen LogP contribution in [0.5, 0.6) is 0 Å². The van der Waals surface area contributed by atoms with Crippen molar-refractivity contribution in [1.29, 1.82) is 0 Å². The molecule has 0 bridgehead atoms. The van der Waals surface area contributed by atoms with Crippen molar-refractivity contribution < 1.29 is 9.90 Å². The molecule has 2 N–H and O–H groups in total. The van der Waals surface area contributed by atoms with Crippen LogP contribution in [0, 0.1) is 0 Å². The summed E-state index contributed by atoms with van der Waals surface area (Å²) in [6, 6.07) is 7.53. The number of aryl methyl sites for hydroxylation is 1. The summed E-state index contributed by atoms with van der Waals surface area (Å²) < 4.78 is 1.98. The second kappa shape index (κ2) is 7.85. The number of carbonyl (C=O) groups excluding carboxylic acids is 1. The average molecular weight is 347 g/mol. The SMILES string of the molecule is CSc1ncc(CNC(=O)c2ccc(CCC(C)(C)O)cc2)n1C. The summed E-state index contributed by atoms with van der Waals surface area (Å²) in [6.45, 7) is 4.05. The Morgan fingerprint density at radius 2 is 2.00 bits per heavy atom. The van der Waals surface area contributed by atoms with Gasteiger partial charge >= 0.3 is 0 Å². The molecule has 1 heterocycles. The number of rotatable bonds is 7. The molecule has 130 valence electrons. The van der Waals surface area contributed by atoms with Gasteiger partial charge in [-0.15, -0.1) is 0 Å². The molecule has 1 amide bonds. The molecule has 0 saturated carbocycles. The van der Waals surface area contributed by atoms with E-state index in [0.29, 0.717) is 18.5 Å². The van der Waals surface area contributed by atoms with Crippen LogP contribution in [0.25, 0.3) is 0 Å². The fourth-order valence-electron chi connectivity index (χ4n) is 2.33. The van der Waals surface area contributed by atoms with E-state index < -0.39 is 5.60 Å². The van der Waals surface area contributed by atoms with Gasteiger partial charge in [0.1, 0.15) is 0 Å². The first-order valence-corrected chi connectivity index (χ1v) is 9.17. The second-order valence-corrected chi connectivity index (χ2v) is 7.26. The average Bonchev–Trinajstić information content (AvgIpc) is 2.90. The summed E-state index contributed by atoms with van der Waals surface area (Å²) >= 11 is 1.58. The number of thioether (sulfide) groups is 1. The van der Waals surface area contributed by atoms with Crippen LogP contribution in [0.1, 0.15) is 41.9 Å². The van der Waals surface area contributed by atoms with E-state index in [-0.39, 0.29) is 5.91 Å². The standard InChI is InChI=1S/C18H25N3O2S/c1-18(2,23)10-9-13-5-7-14(8-6-13)16(22)19-11-15-12-20-17(24-4)21(15)3/h5-8,12,23H,9-11H2,1-4H3,(H,19,22). The first-order chi connectivity index (χ1) is 11.3. The van der Waals surface area contributed by atoms with E-state index in [2.05, 4.69) is 10.3 Å². The minimum atomic E-state index is -0.672. The minimum absolute atomic E-state index is 0.101. The quantitative estimate of drug-likeness (QED) is 0.756. The maximum Gasteiger partial charge on any atom is 0.251 e. The third-order valence-electron chi connectivity index (χ3n) is 3.90. The molecule has 0 aliphatic carbocycles. The minimum Gasteiger partial charge on any atom is -0.390 e. The van der Waals surface area contributed by atoms with Crippen LogP contribution in [0.4, 0.5) is 0 Å². The highest BCUT2D eigenvalue weighted by Crippen LogP contribution is 2.15. The van der Waals surface area contributed by atoms with Gasteiger partial charge < -0.3 is 15.0 Å². The van der Waals surface area contributed by atoms with Gasteiger partial charge in [0.2, 0.25) is 0 Å². The van der Waals surface area contributed by atoms with Gasteiger partial charge in [-0.05, 0) is 50.6 Å². The van der Waals surface area contributed by atoms with Crippen molar-refractivity contribution >= 4 is 17.7 Å². The van der Waals surface area contributed by atoms with E-state index in [1.165, 1.54) is 0 Å². The van der Waals surface area contributed by atoms with Crippen molar-refractivity contribution in [1.82, 2.24) is 14.9 Å². The van der Waals surface area contributed by atoms with Crippen LogP contribution in [0.15, 0.2) is 35.6 Å². The summed E-state index contributed by atoms with van der Waals surface area (Å²) in [5.74, 6) is -0.101. The van der Waals surface area contributed by atoms with Crippen LogP contribution in [0.3, 0.4) is 0 Å². The lowest BCUT2D eigenvalue weighted by Crippen LogP contribution is -2.24. The van der Waals surface area contributed by atoms with Crippen LogP contribution in [-0.2, 0) is 20.0 Å². The number of imidazole rings is 1. The molecule has 0 fully saturated rings. The first kappa shape index (κ1) is 18.5. The summed E-state index contributed by atoms with van der Waals surface area (Å²) in [4.78, 5) is 16.5. The van der Waals surface area contributed by atoms with Crippen molar-refractivity contribution in [2.45, 2.75) is 44.0 Å². The van der Waals surface area contributed by atoms with Crippen molar-refractivity contribution in [3.63, 3.8) is 0 Å². The summed E-state index contributed by atoms with van der Waals surface area (Å²) in [7, 11) is 1.94. The Morgan fingerprint density at radius 3 is 2.54 bits per heavy atom. The van der Waals surface area contributed by atoms with Crippen molar-refractivity contribution in [3.8, 4) is 0 Å². The number of benzene rings is 1. The van der Waals surface area contributed by atoms with Gasteiger partial charge in [-0.25, -0.2) is 4.98 Å². The monoisotopic (exact) mass is 347 g/mol. The maximum absolute atomic E-state index is 12.2. The Morgan fingerprint density at radius 1 is 1.33 bits per heavy atom. The highest BCUT2D eigenvalue weighted by atomic mass is 32.2. The summed E-state index contributed by atoms with van der Waals surface area (Å²) in [6.07, 6.45) is 5.24. The normalized spacial score (nSPS) is 11.5. The van der Waals surface area contributed by atoms with Crippen LogP contribution in [0.2, 0.25) is 0 Å².